The van der Waals surface area contributed by atoms with E-state index >= 15 is 0 Å². The van der Waals surface area contributed by atoms with Crippen molar-refractivity contribution in [2.75, 3.05) is 17.2 Å². The lowest BCUT2D eigenvalue weighted by atomic mass is 10.2. The minimum atomic E-state index is -0.533. The van der Waals surface area contributed by atoms with Crippen molar-refractivity contribution < 1.29 is 14.6 Å². The van der Waals surface area contributed by atoms with Crippen LogP contribution in [0.5, 0.6) is 5.75 Å². The first-order chi connectivity index (χ1) is 12.9. The molecule has 0 spiro atoms. The van der Waals surface area contributed by atoms with Gasteiger partial charge in [0.15, 0.2) is 17.0 Å². The molecule has 0 fully saturated rings. The molecule has 0 saturated heterocycles. The van der Waals surface area contributed by atoms with Crippen LogP contribution in [0, 0.1) is 0 Å². The highest BCUT2D eigenvalue weighted by Crippen LogP contribution is 2.21. The van der Waals surface area contributed by atoms with Gasteiger partial charge in [-0.05, 0) is 24.6 Å². The van der Waals surface area contributed by atoms with Crippen LogP contribution in [0.2, 0.25) is 0 Å². The van der Waals surface area contributed by atoms with Gasteiger partial charge in [-0.25, -0.2) is 4.68 Å². The maximum Gasteiger partial charge on any atom is 0.308 e. The highest BCUT2D eigenvalue weighted by Gasteiger charge is 2.13. The van der Waals surface area contributed by atoms with Crippen LogP contribution in [0.15, 0.2) is 24.3 Å². The third-order valence-electron chi connectivity index (χ3n) is 3.63. The molecular formula is C17H21N7O3. The second kappa shape index (κ2) is 7.96. The van der Waals surface area contributed by atoms with E-state index in [1.807, 2.05) is 12.1 Å². The number of hydrogen-bond acceptors (Lipinski definition) is 9. The Balaban J connectivity index is 1.82. The number of carbonyl (C=O) groups is 1. The zero-order valence-corrected chi connectivity index (χ0v) is 15.3. The molecule has 142 valence electrons. The van der Waals surface area contributed by atoms with Crippen LogP contribution >= 0.6 is 0 Å². The topological polar surface area (TPSA) is 127 Å². The van der Waals surface area contributed by atoms with Crippen molar-refractivity contribution in [1.82, 2.24) is 25.0 Å². The Bertz CT molecular complexity index is 955. The average molecular weight is 371 g/mol. The number of benzene rings is 1. The maximum absolute atomic E-state index is 11.1. The predicted molar refractivity (Wildman–Crippen MR) is 99.3 cm³/mol. The van der Waals surface area contributed by atoms with Gasteiger partial charge in [0.25, 0.3) is 0 Å². The quantitative estimate of drug-likeness (QED) is 0.413. The van der Waals surface area contributed by atoms with Crippen molar-refractivity contribution in [2.45, 2.75) is 26.5 Å². The minimum absolute atomic E-state index is 0.320. The van der Waals surface area contributed by atoms with Gasteiger partial charge in [-0.15, -0.1) is 5.10 Å². The summed E-state index contributed by atoms with van der Waals surface area (Å²) in [6.07, 6.45) is -0.533. The largest absolute Gasteiger partial charge is 0.427 e. The van der Waals surface area contributed by atoms with E-state index in [2.05, 4.69) is 30.9 Å². The Labute approximate surface area is 155 Å². The third-order valence-corrected chi connectivity index (χ3v) is 3.63. The van der Waals surface area contributed by atoms with Crippen LogP contribution in [0.1, 0.15) is 19.4 Å². The number of nitrogens with one attached hydrogen (secondary N) is 2. The average Bonchev–Trinajstić information content (AvgIpc) is 2.99. The normalized spacial score (nSPS) is 12.0. The number of hydrogen-bond donors (Lipinski definition) is 3. The van der Waals surface area contributed by atoms with E-state index in [-0.39, 0.29) is 5.97 Å². The number of nitrogens with zero attached hydrogens (tertiary/aromatic N) is 5. The molecule has 10 heteroatoms. The highest BCUT2D eigenvalue weighted by molar-refractivity contribution is 5.83. The van der Waals surface area contributed by atoms with Crippen LogP contribution in [0.4, 0.5) is 11.8 Å². The molecule has 10 nitrogen and oxygen atoms in total. The fourth-order valence-corrected chi connectivity index (χ4v) is 2.43. The molecule has 1 aromatic carbocycles. The van der Waals surface area contributed by atoms with Crippen molar-refractivity contribution >= 4 is 28.9 Å². The van der Waals surface area contributed by atoms with E-state index in [1.165, 1.54) is 6.92 Å². The highest BCUT2D eigenvalue weighted by atomic mass is 16.5. The van der Waals surface area contributed by atoms with Gasteiger partial charge in [0.1, 0.15) is 5.75 Å². The van der Waals surface area contributed by atoms with Gasteiger partial charge >= 0.3 is 5.97 Å². The number of aliphatic hydroxyl groups is 1. The SMILES string of the molecule is CC(=O)Oc1cccc(CNc2nc(NCC(C)O)nc3c2nnn3C)c1. The molecule has 2 heterocycles. The summed E-state index contributed by atoms with van der Waals surface area (Å²) in [6.45, 7) is 3.79. The molecule has 1 unspecified atom stereocenters. The maximum atomic E-state index is 11.1. The standard InChI is InChI=1S/C17H21N7O3/c1-10(25)8-19-17-20-15(14-16(21-17)24(3)23-22-14)18-9-12-5-4-6-13(7-12)27-11(2)26/h4-7,10,25H,8-9H2,1-3H3,(H2,18,19,20,21). The summed E-state index contributed by atoms with van der Waals surface area (Å²) in [5, 5.41) is 23.7. The molecule has 3 aromatic rings. The van der Waals surface area contributed by atoms with E-state index in [0.29, 0.717) is 41.8 Å². The number of anilines is 2. The van der Waals surface area contributed by atoms with E-state index in [0.717, 1.165) is 5.56 Å². The Morgan fingerprint density at radius 3 is 2.89 bits per heavy atom. The molecule has 3 rings (SSSR count). The fraction of sp³-hybridized carbons (Fsp3) is 0.353. The van der Waals surface area contributed by atoms with Crippen molar-refractivity contribution in [3.63, 3.8) is 0 Å². The molecule has 1 atom stereocenters. The first-order valence-corrected chi connectivity index (χ1v) is 8.43. The van der Waals surface area contributed by atoms with Crippen LogP contribution < -0.4 is 15.4 Å². The lowest BCUT2D eigenvalue weighted by Gasteiger charge is -2.11. The number of fused-ring (bicyclic) bond motifs is 1. The first kappa shape index (κ1) is 18.5. The van der Waals surface area contributed by atoms with Gasteiger partial charge in [-0.3, -0.25) is 4.79 Å². The van der Waals surface area contributed by atoms with Crippen LogP contribution in [0.3, 0.4) is 0 Å². The lowest BCUT2D eigenvalue weighted by Crippen LogP contribution is -2.17. The van der Waals surface area contributed by atoms with Crippen LogP contribution in [-0.4, -0.2) is 48.7 Å². The van der Waals surface area contributed by atoms with Gasteiger partial charge in [0.2, 0.25) is 5.95 Å². The fourth-order valence-electron chi connectivity index (χ4n) is 2.43. The predicted octanol–water partition coefficient (Wildman–Crippen LogP) is 1.09. The summed E-state index contributed by atoms with van der Waals surface area (Å²) in [7, 11) is 1.74. The van der Waals surface area contributed by atoms with Gasteiger partial charge in [0.05, 0.1) is 6.10 Å². The van der Waals surface area contributed by atoms with Crippen molar-refractivity contribution in [2.24, 2.45) is 7.05 Å². The van der Waals surface area contributed by atoms with Crippen molar-refractivity contribution in [1.29, 1.82) is 0 Å². The van der Waals surface area contributed by atoms with Gasteiger partial charge in [-0.2, -0.15) is 9.97 Å². The summed E-state index contributed by atoms with van der Waals surface area (Å²) in [5.41, 5.74) is 2.01. The van der Waals surface area contributed by atoms with Crippen molar-refractivity contribution in [3.8, 4) is 5.75 Å². The van der Waals surface area contributed by atoms with Crippen LogP contribution in [0.25, 0.3) is 11.2 Å². The number of aliphatic hydroxyl groups excluding tert-OH is 1. The molecule has 3 N–H and O–H groups in total. The molecule has 0 radical (unpaired) electrons. The second-order valence-electron chi connectivity index (χ2n) is 6.11. The number of ether oxygens (including phenoxy) is 1. The molecule has 27 heavy (non-hydrogen) atoms. The molecule has 0 saturated carbocycles. The second-order valence-corrected chi connectivity index (χ2v) is 6.11. The van der Waals surface area contributed by atoms with Crippen molar-refractivity contribution in [3.05, 3.63) is 29.8 Å². The Kier molecular flexibility index (Phi) is 5.46. The summed E-state index contributed by atoms with van der Waals surface area (Å²) in [6, 6.07) is 7.20. The molecule has 0 aliphatic heterocycles. The van der Waals surface area contributed by atoms with Gasteiger partial charge in [0, 0.05) is 27.1 Å². The Hall–Kier alpha value is -3.27. The smallest absolute Gasteiger partial charge is 0.308 e. The molecule has 0 aliphatic rings. The minimum Gasteiger partial charge on any atom is -0.427 e. The van der Waals surface area contributed by atoms with E-state index in [4.69, 9.17) is 4.74 Å². The first-order valence-electron chi connectivity index (χ1n) is 8.43. The summed E-state index contributed by atoms with van der Waals surface area (Å²) < 4.78 is 6.65. The number of rotatable bonds is 7. The van der Waals surface area contributed by atoms with Crippen LogP contribution in [-0.2, 0) is 18.4 Å². The summed E-state index contributed by atoms with van der Waals surface area (Å²) in [4.78, 5) is 19.9. The monoisotopic (exact) mass is 371 g/mol. The van der Waals surface area contributed by atoms with E-state index in [1.54, 1.807) is 30.8 Å². The number of carbonyl (C=O) groups excluding carboxylic acids is 1. The van der Waals surface area contributed by atoms with Gasteiger partial charge < -0.3 is 20.5 Å². The summed E-state index contributed by atoms with van der Waals surface area (Å²) in [5.74, 6) is 0.989. The lowest BCUT2D eigenvalue weighted by molar-refractivity contribution is -0.131. The van der Waals surface area contributed by atoms with E-state index in [9.17, 15) is 9.90 Å². The summed E-state index contributed by atoms with van der Waals surface area (Å²) >= 11 is 0. The molecule has 0 aliphatic carbocycles. The Morgan fingerprint density at radius 2 is 2.15 bits per heavy atom. The number of aryl methyl sites for hydroxylation is 1. The van der Waals surface area contributed by atoms with Gasteiger partial charge in [-0.1, -0.05) is 17.3 Å². The molecule has 0 bridgehead atoms. The zero-order chi connectivity index (χ0) is 19.4. The number of esters is 1. The third kappa shape index (κ3) is 4.67. The Morgan fingerprint density at radius 1 is 1.33 bits per heavy atom. The zero-order valence-electron chi connectivity index (χ0n) is 15.3. The number of aromatic nitrogens is 5. The molecule has 0 amide bonds. The molecular weight excluding hydrogens is 350 g/mol. The van der Waals surface area contributed by atoms with E-state index < -0.39 is 6.10 Å². The molecule has 2 aromatic heterocycles.